The summed E-state index contributed by atoms with van der Waals surface area (Å²) in [7, 11) is 0. The fourth-order valence-electron chi connectivity index (χ4n) is 8.76. The summed E-state index contributed by atoms with van der Waals surface area (Å²) < 4.78 is 0. The topological polar surface area (TPSA) is 57.5 Å². The highest BCUT2D eigenvalue weighted by molar-refractivity contribution is 5.66. The van der Waals surface area contributed by atoms with Gasteiger partial charge in [0.15, 0.2) is 0 Å². The molecule has 0 radical (unpaired) electrons. The Morgan fingerprint density at radius 2 is 1.70 bits per heavy atom. The van der Waals surface area contributed by atoms with E-state index in [0.29, 0.717) is 29.1 Å². The van der Waals surface area contributed by atoms with E-state index in [1.165, 1.54) is 44.9 Å². The second-order valence-corrected chi connectivity index (χ2v) is 11.2. The molecule has 4 saturated carbocycles. The maximum absolute atomic E-state index is 11.0. The summed E-state index contributed by atoms with van der Waals surface area (Å²) in [5, 5.41) is 19.3. The Morgan fingerprint density at radius 3 is 2.44 bits per heavy atom. The Balaban J connectivity index is 1.51. The molecule has 0 bridgehead atoms. The summed E-state index contributed by atoms with van der Waals surface area (Å²) in [4.78, 5) is 11.0. The number of carbonyl (C=O) groups is 1. The molecule has 0 aromatic heterocycles. The van der Waals surface area contributed by atoms with Crippen molar-refractivity contribution in [2.45, 2.75) is 97.5 Å². The van der Waals surface area contributed by atoms with Crippen molar-refractivity contribution in [1.82, 2.24) is 0 Å². The minimum absolute atomic E-state index is 0.0561. The maximum Gasteiger partial charge on any atom is 0.303 e. The van der Waals surface area contributed by atoms with Crippen LogP contribution in [0.4, 0.5) is 0 Å². The van der Waals surface area contributed by atoms with Crippen LogP contribution in [-0.2, 0) is 4.79 Å². The van der Waals surface area contributed by atoms with Crippen molar-refractivity contribution in [1.29, 1.82) is 0 Å². The van der Waals surface area contributed by atoms with E-state index in [4.69, 9.17) is 5.11 Å². The number of rotatable bonds is 4. The highest BCUT2D eigenvalue weighted by atomic mass is 16.4. The molecule has 4 aliphatic rings. The van der Waals surface area contributed by atoms with Crippen molar-refractivity contribution in [2.75, 3.05) is 0 Å². The van der Waals surface area contributed by atoms with Gasteiger partial charge in [0.1, 0.15) is 0 Å². The Labute approximate surface area is 165 Å². The molecule has 5 unspecified atom stereocenters. The van der Waals surface area contributed by atoms with E-state index in [2.05, 4.69) is 20.8 Å². The van der Waals surface area contributed by atoms with Gasteiger partial charge in [0.2, 0.25) is 0 Å². The number of carboxylic acids is 1. The minimum Gasteiger partial charge on any atom is -0.481 e. The predicted octanol–water partition coefficient (Wildman–Crippen LogP) is 5.51. The molecular weight excluding hydrogens is 336 g/mol. The molecule has 9 atom stereocenters. The monoisotopic (exact) mass is 376 g/mol. The molecule has 0 aromatic rings. The zero-order valence-corrected chi connectivity index (χ0v) is 17.6. The molecule has 27 heavy (non-hydrogen) atoms. The molecule has 0 saturated heterocycles. The van der Waals surface area contributed by atoms with E-state index in [-0.39, 0.29) is 6.10 Å². The summed E-state index contributed by atoms with van der Waals surface area (Å²) in [6, 6.07) is 0. The van der Waals surface area contributed by atoms with Crippen molar-refractivity contribution in [2.24, 2.45) is 46.3 Å². The van der Waals surface area contributed by atoms with Gasteiger partial charge in [0.05, 0.1) is 6.10 Å². The highest BCUT2D eigenvalue weighted by Crippen LogP contribution is 2.68. The van der Waals surface area contributed by atoms with Crippen LogP contribution < -0.4 is 0 Å². The normalized spacial score (nSPS) is 50.4. The second-order valence-electron chi connectivity index (χ2n) is 11.2. The van der Waals surface area contributed by atoms with Crippen molar-refractivity contribution < 1.29 is 15.0 Å². The van der Waals surface area contributed by atoms with Gasteiger partial charge in [-0.15, -0.1) is 0 Å². The molecular formula is C24H40O3. The van der Waals surface area contributed by atoms with E-state index in [0.717, 1.165) is 42.9 Å². The van der Waals surface area contributed by atoms with Crippen LogP contribution in [0.25, 0.3) is 0 Å². The number of hydrogen-bond donors (Lipinski definition) is 2. The predicted molar refractivity (Wildman–Crippen MR) is 107 cm³/mol. The fraction of sp³-hybridized carbons (Fsp3) is 0.958. The quantitative estimate of drug-likeness (QED) is 0.680. The van der Waals surface area contributed by atoms with Crippen molar-refractivity contribution >= 4 is 5.97 Å². The van der Waals surface area contributed by atoms with Gasteiger partial charge in [-0.25, -0.2) is 0 Å². The molecule has 3 nitrogen and oxygen atoms in total. The van der Waals surface area contributed by atoms with Gasteiger partial charge in [-0.1, -0.05) is 20.8 Å². The number of fused-ring (bicyclic) bond motifs is 5. The summed E-state index contributed by atoms with van der Waals surface area (Å²) >= 11 is 0. The third-order valence-electron chi connectivity index (χ3n) is 10.2. The van der Waals surface area contributed by atoms with Crippen LogP contribution >= 0.6 is 0 Å². The number of aliphatic hydroxyl groups excluding tert-OH is 1. The first kappa shape index (κ1) is 19.7. The number of aliphatic hydroxyl groups is 1. The lowest BCUT2D eigenvalue weighted by molar-refractivity contribution is -0.138. The Hall–Kier alpha value is -0.570. The standard InChI is InChI=1S/C24H40O3/c1-15(4-9-22(26)27)19-7-8-20-18-6-5-16-14-17(25)10-12-23(16,2)21(18)11-13-24(19,20)3/h15-21,25H,4-14H2,1-3H3,(H,26,27)/t15-,16?,17+,18?,19?,20?,21?,23-,24+/m0/s1. The number of carboxylic acid groups (broad SMARTS) is 1. The Morgan fingerprint density at radius 1 is 1.00 bits per heavy atom. The molecule has 4 rings (SSSR count). The molecule has 3 heteroatoms. The average Bonchev–Trinajstić information content (AvgIpc) is 2.97. The van der Waals surface area contributed by atoms with Crippen LogP contribution in [0.2, 0.25) is 0 Å². The largest absolute Gasteiger partial charge is 0.481 e. The van der Waals surface area contributed by atoms with E-state index in [1.807, 2.05) is 0 Å². The summed E-state index contributed by atoms with van der Waals surface area (Å²) in [6.07, 6.45) is 12.4. The van der Waals surface area contributed by atoms with E-state index in [9.17, 15) is 9.90 Å². The molecule has 0 spiro atoms. The molecule has 2 N–H and O–H groups in total. The van der Waals surface area contributed by atoms with Crippen LogP contribution in [0.1, 0.15) is 91.4 Å². The van der Waals surface area contributed by atoms with Gasteiger partial charge in [0.25, 0.3) is 0 Å². The number of aliphatic carboxylic acids is 1. The van der Waals surface area contributed by atoms with Gasteiger partial charge < -0.3 is 10.2 Å². The lowest BCUT2D eigenvalue weighted by atomic mass is 9.44. The van der Waals surface area contributed by atoms with Crippen LogP contribution in [0.15, 0.2) is 0 Å². The summed E-state index contributed by atoms with van der Waals surface area (Å²) in [5.74, 6) is 3.91. The molecule has 0 heterocycles. The highest BCUT2D eigenvalue weighted by Gasteiger charge is 2.60. The van der Waals surface area contributed by atoms with Crippen molar-refractivity contribution in [3.8, 4) is 0 Å². The van der Waals surface area contributed by atoms with E-state index < -0.39 is 5.97 Å². The third-order valence-corrected chi connectivity index (χ3v) is 10.2. The molecule has 4 aliphatic carbocycles. The molecule has 4 fully saturated rings. The van der Waals surface area contributed by atoms with Crippen LogP contribution in [0.5, 0.6) is 0 Å². The molecule has 0 aromatic carbocycles. The zero-order valence-electron chi connectivity index (χ0n) is 17.6. The fourth-order valence-corrected chi connectivity index (χ4v) is 8.76. The first-order chi connectivity index (χ1) is 12.8. The first-order valence-corrected chi connectivity index (χ1v) is 11.7. The second kappa shape index (κ2) is 7.04. The van der Waals surface area contributed by atoms with Crippen molar-refractivity contribution in [3.63, 3.8) is 0 Å². The Kier molecular flexibility index (Phi) is 5.15. The third kappa shape index (κ3) is 3.16. The van der Waals surface area contributed by atoms with Crippen LogP contribution in [-0.4, -0.2) is 22.3 Å². The summed E-state index contributed by atoms with van der Waals surface area (Å²) in [6.45, 7) is 7.43. The van der Waals surface area contributed by atoms with Gasteiger partial charge >= 0.3 is 5.97 Å². The molecule has 0 amide bonds. The van der Waals surface area contributed by atoms with Crippen LogP contribution in [0, 0.1) is 46.3 Å². The van der Waals surface area contributed by atoms with Gasteiger partial charge in [-0.3, -0.25) is 4.79 Å². The summed E-state index contributed by atoms with van der Waals surface area (Å²) in [5.41, 5.74) is 0.882. The Bertz CT molecular complexity index is 574. The first-order valence-electron chi connectivity index (χ1n) is 11.7. The smallest absolute Gasteiger partial charge is 0.303 e. The van der Waals surface area contributed by atoms with Gasteiger partial charge in [-0.05, 0) is 111 Å². The van der Waals surface area contributed by atoms with Crippen LogP contribution in [0.3, 0.4) is 0 Å². The van der Waals surface area contributed by atoms with Gasteiger partial charge in [0, 0.05) is 6.42 Å². The van der Waals surface area contributed by atoms with E-state index in [1.54, 1.807) is 0 Å². The molecule has 0 aliphatic heterocycles. The van der Waals surface area contributed by atoms with Gasteiger partial charge in [-0.2, -0.15) is 0 Å². The SMILES string of the molecule is C[C@@H](CCC(=O)O)C1CCC2C3CCC4C[C@H](O)CC[C@]4(C)C3CC[C@@]21C. The lowest BCUT2D eigenvalue weighted by Crippen LogP contribution is -2.54. The number of hydrogen-bond acceptors (Lipinski definition) is 2. The minimum atomic E-state index is -0.643. The maximum atomic E-state index is 11.0. The lowest BCUT2D eigenvalue weighted by Gasteiger charge is -2.61. The average molecular weight is 377 g/mol. The van der Waals surface area contributed by atoms with E-state index >= 15 is 0 Å². The zero-order chi connectivity index (χ0) is 19.4. The van der Waals surface area contributed by atoms with Crippen molar-refractivity contribution in [3.05, 3.63) is 0 Å². The molecule has 154 valence electrons.